The molecule has 0 aliphatic carbocycles. The molecule has 0 aliphatic rings. The first-order chi connectivity index (χ1) is 8.88. The van der Waals surface area contributed by atoms with Gasteiger partial charge in [-0.25, -0.2) is 4.79 Å². The summed E-state index contributed by atoms with van der Waals surface area (Å²) in [6, 6.07) is 1.06. The van der Waals surface area contributed by atoms with Gasteiger partial charge in [-0.1, -0.05) is 0 Å². The summed E-state index contributed by atoms with van der Waals surface area (Å²) in [5, 5.41) is 30.1. The highest BCUT2D eigenvalue weighted by atomic mass is 16.6. The van der Waals surface area contributed by atoms with Gasteiger partial charge in [0.15, 0.2) is 6.10 Å². The average Bonchev–Trinajstić information content (AvgIpc) is 2.37. The van der Waals surface area contributed by atoms with Crippen molar-refractivity contribution in [2.24, 2.45) is 0 Å². The molecule has 1 aromatic heterocycles. The van der Waals surface area contributed by atoms with Crippen LogP contribution in [-0.2, 0) is 9.53 Å². The SMILES string of the molecule is CCOC(=O)C(O)C(O)c1cc([N+](=O)[O-])cnc1C. The number of hydrogen-bond acceptors (Lipinski definition) is 7. The number of hydrogen-bond donors (Lipinski definition) is 2. The summed E-state index contributed by atoms with van der Waals surface area (Å²) in [6.07, 6.45) is -2.42. The molecule has 0 aromatic carbocycles. The van der Waals surface area contributed by atoms with E-state index in [2.05, 4.69) is 9.72 Å². The third-order valence-electron chi connectivity index (χ3n) is 2.47. The third kappa shape index (κ3) is 3.46. The van der Waals surface area contributed by atoms with Crippen molar-refractivity contribution in [2.75, 3.05) is 6.61 Å². The number of ether oxygens (including phenoxy) is 1. The van der Waals surface area contributed by atoms with Crippen molar-refractivity contribution in [3.8, 4) is 0 Å². The summed E-state index contributed by atoms with van der Waals surface area (Å²) in [7, 11) is 0. The lowest BCUT2D eigenvalue weighted by molar-refractivity contribution is -0.385. The highest BCUT2D eigenvalue weighted by molar-refractivity contribution is 5.75. The molecule has 0 aliphatic heterocycles. The van der Waals surface area contributed by atoms with Gasteiger partial charge in [-0.15, -0.1) is 0 Å². The first-order valence-electron chi connectivity index (χ1n) is 5.52. The highest BCUT2D eigenvalue weighted by Gasteiger charge is 2.29. The molecule has 0 amide bonds. The number of aromatic nitrogens is 1. The van der Waals surface area contributed by atoms with E-state index in [1.807, 2.05) is 0 Å². The van der Waals surface area contributed by atoms with Crippen molar-refractivity contribution in [2.45, 2.75) is 26.1 Å². The molecule has 0 spiro atoms. The van der Waals surface area contributed by atoms with E-state index < -0.39 is 23.1 Å². The van der Waals surface area contributed by atoms with Crippen molar-refractivity contribution in [3.05, 3.63) is 33.6 Å². The maximum atomic E-state index is 11.3. The monoisotopic (exact) mass is 270 g/mol. The molecule has 2 atom stereocenters. The van der Waals surface area contributed by atoms with Gasteiger partial charge < -0.3 is 14.9 Å². The van der Waals surface area contributed by atoms with Gasteiger partial charge >= 0.3 is 5.97 Å². The van der Waals surface area contributed by atoms with E-state index in [1.165, 1.54) is 6.92 Å². The van der Waals surface area contributed by atoms with Gasteiger partial charge in [-0.05, 0) is 13.8 Å². The van der Waals surface area contributed by atoms with Crippen LogP contribution in [0, 0.1) is 17.0 Å². The number of esters is 1. The van der Waals surface area contributed by atoms with Gasteiger partial charge in [0.2, 0.25) is 0 Å². The summed E-state index contributed by atoms with van der Waals surface area (Å²) in [4.78, 5) is 25.0. The number of rotatable bonds is 5. The molecule has 19 heavy (non-hydrogen) atoms. The normalized spacial score (nSPS) is 13.7. The third-order valence-corrected chi connectivity index (χ3v) is 2.47. The van der Waals surface area contributed by atoms with Crippen LogP contribution in [0.3, 0.4) is 0 Å². The molecule has 2 unspecified atom stereocenters. The summed E-state index contributed by atoms with van der Waals surface area (Å²) in [6.45, 7) is 3.10. The Morgan fingerprint density at radius 3 is 2.74 bits per heavy atom. The van der Waals surface area contributed by atoms with E-state index in [4.69, 9.17) is 0 Å². The molecule has 0 saturated heterocycles. The second-order valence-electron chi connectivity index (χ2n) is 3.77. The molecule has 0 bridgehead atoms. The quantitative estimate of drug-likeness (QED) is 0.446. The van der Waals surface area contributed by atoms with Gasteiger partial charge in [0.1, 0.15) is 12.3 Å². The van der Waals surface area contributed by atoms with Crippen LogP contribution in [0.4, 0.5) is 5.69 Å². The second kappa shape index (κ2) is 6.21. The number of nitro groups is 1. The minimum atomic E-state index is -1.82. The van der Waals surface area contributed by atoms with E-state index in [0.717, 1.165) is 12.3 Å². The summed E-state index contributed by atoms with van der Waals surface area (Å²) in [5.41, 5.74) is -0.0492. The van der Waals surface area contributed by atoms with Crippen molar-refractivity contribution in [1.82, 2.24) is 4.98 Å². The zero-order chi connectivity index (χ0) is 14.6. The number of nitrogens with zero attached hydrogens (tertiary/aromatic N) is 2. The fraction of sp³-hybridized carbons (Fsp3) is 0.455. The molecule has 8 nitrogen and oxygen atoms in total. The van der Waals surface area contributed by atoms with Crippen molar-refractivity contribution >= 4 is 11.7 Å². The van der Waals surface area contributed by atoms with Crippen LogP contribution in [0.2, 0.25) is 0 Å². The smallest absolute Gasteiger partial charge is 0.338 e. The summed E-state index contributed by atoms with van der Waals surface area (Å²) < 4.78 is 4.56. The van der Waals surface area contributed by atoms with Gasteiger partial charge in [0, 0.05) is 17.3 Å². The molecule has 0 saturated carbocycles. The lowest BCUT2D eigenvalue weighted by Crippen LogP contribution is -2.30. The molecular formula is C11H14N2O6. The Morgan fingerprint density at radius 2 is 2.21 bits per heavy atom. The molecule has 1 heterocycles. The lowest BCUT2D eigenvalue weighted by Gasteiger charge is -2.17. The Labute approximate surface area is 108 Å². The predicted octanol–water partition coefficient (Wildman–Crippen LogP) is 0.256. The molecule has 1 rings (SSSR count). The molecule has 0 fully saturated rings. The van der Waals surface area contributed by atoms with Crippen LogP contribution >= 0.6 is 0 Å². The maximum absolute atomic E-state index is 11.3. The minimum Gasteiger partial charge on any atom is -0.464 e. The Morgan fingerprint density at radius 1 is 1.58 bits per heavy atom. The van der Waals surface area contributed by atoms with Crippen LogP contribution < -0.4 is 0 Å². The first kappa shape index (κ1) is 15.0. The van der Waals surface area contributed by atoms with Crippen LogP contribution in [0.1, 0.15) is 24.3 Å². The van der Waals surface area contributed by atoms with E-state index in [9.17, 15) is 25.1 Å². The largest absolute Gasteiger partial charge is 0.464 e. The van der Waals surface area contributed by atoms with Crippen molar-refractivity contribution in [3.63, 3.8) is 0 Å². The van der Waals surface area contributed by atoms with Crippen molar-refractivity contribution in [1.29, 1.82) is 0 Å². The van der Waals surface area contributed by atoms with E-state index in [0.29, 0.717) is 0 Å². The van der Waals surface area contributed by atoms with Gasteiger partial charge in [-0.3, -0.25) is 15.1 Å². The predicted molar refractivity (Wildman–Crippen MR) is 63.2 cm³/mol. The number of aryl methyl sites for hydroxylation is 1. The molecule has 1 aromatic rings. The molecule has 8 heteroatoms. The van der Waals surface area contributed by atoms with E-state index >= 15 is 0 Å². The van der Waals surface area contributed by atoms with E-state index in [1.54, 1.807) is 6.92 Å². The summed E-state index contributed by atoms with van der Waals surface area (Å²) >= 11 is 0. The standard InChI is InChI=1S/C11H14N2O6/c1-3-19-11(16)10(15)9(14)8-4-7(13(17)18)5-12-6(8)2/h4-5,9-10,14-15H,3H2,1-2H3. The van der Waals surface area contributed by atoms with Gasteiger partial charge in [-0.2, -0.15) is 0 Å². The van der Waals surface area contributed by atoms with Crippen LogP contribution in [0.5, 0.6) is 0 Å². The van der Waals surface area contributed by atoms with E-state index in [-0.39, 0.29) is 23.6 Å². The fourth-order valence-electron chi connectivity index (χ4n) is 1.46. The van der Waals surface area contributed by atoms with Gasteiger partial charge in [0.05, 0.1) is 11.5 Å². The molecule has 2 N–H and O–H groups in total. The maximum Gasteiger partial charge on any atom is 0.338 e. The number of aliphatic hydroxyl groups is 2. The number of pyridine rings is 1. The lowest BCUT2D eigenvalue weighted by atomic mass is 10.0. The molecule has 104 valence electrons. The average molecular weight is 270 g/mol. The Balaban J connectivity index is 3.04. The van der Waals surface area contributed by atoms with Gasteiger partial charge in [0.25, 0.3) is 5.69 Å². The van der Waals surface area contributed by atoms with Crippen molar-refractivity contribution < 1.29 is 24.7 Å². The second-order valence-corrected chi connectivity index (χ2v) is 3.77. The summed E-state index contributed by atoms with van der Waals surface area (Å²) in [5.74, 6) is -0.999. The minimum absolute atomic E-state index is 0.00903. The first-order valence-corrected chi connectivity index (χ1v) is 5.52. The molecular weight excluding hydrogens is 256 g/mol. The Hall–Kier alpha value is -2.06. The fourth-order valence-corrected chi connectivity index (χ4v) is 1.46. The topological polar surface area (TPSA) is 123 Å². The zero-order valence-corrected chi connectivity index (χ0v) is 10.4. The Bertz CT molecular complexity index is 490. The number of aliphatic hydroxyl groups excluding tert-OH is 2. The zero-order valence-electron chi connectivity index (χ0n) is 10.4. The number of carbonyl (C=O) groups excluding carboxylic acids is 1. The van der Waals surface area contributed by atoms with Crippen LogP contribution in [0.25, 0.3) is 0 Å². The van der Waals surface area contributed by atoms with Crippen LogP contribution in [-0.4, -0.2) is 38.8 Å². The molecule has 0 radical (unpaired) electrons. The van der Waals surface area contributed by atoms with Crippen LogP contribution in [0.15, 0.2) is 12.3 Å². The highest BCUT2D eigenvalue weighted by Crippen LogP contribution is 2.24. The Kier molecular flexibility index (Phi) is 4.90. The number of carbonyl (C=O) groups is 1.